The third-order valence-electron chi connectivity index (χ3n) is 3.50. The minimum absolute atomic E-state index is 0.342. The van der Waals surface area contributed by atoms with Gasteiger partial charge in [-0.1, -0.05) is 27.3 Å². The average molecular weight is 355 g/mol. The van der Waals surface area contributed by atoms with Crippen LogP contribution in [-0.4, -0.2) is 70.6 Å². The number of rotatable bonds is 13. The smallest absolute Gasteiger partial charge is 0.0738 e. The SMILES string of the molecule is C#CCN(CC#C)Cc1cnnn1CCN(CCN=[N+]=[N-])CCN=[N+]=[N-]. The molecule has 136 valence electrons. The summed E-state index contributed by atoms with van der Waals surface area (Å²) in [4.78, 5) is 9.47. The molecule has 1 rings (SSSR count). The highest BCUT2D eigenvalue weighted by Crippen LogP contribution is 2.03. The zero-order valence-electron chi connectivity index (χ0n) is 14.5. The molecule has 0 saturated carbocycles. The highest BCUT2D eigenvalue weighted by Gasteiger charge is 2.11. The molecule has 0 aliphatic rings. The van der Waals surface area contributed by atoms with E-state index in [9.17, 15) is 0 Å². The Kier molecular flexibility index (Phi) is 10.5. The minimum Gasteiger partial charge on any atom is -0.301 e. The maximum absolute atomic E-state index is 8.40. The second-order valence-corrected chi connectivity index (χ2v) is 5.25. The van der Waals surface area contributed by atoms with Gasteiger partial charge in [0, 0.05) is 49.1 Å². The van der Waals surface area contributed by atoms with E-state index < -0.39 is 0 Å². The van der Waals surface area contributed by atoms with Crippen molar-refractivity contribution in [3.05, 3.63) is 32.8 Å². The van der Waals surface area contributed by atoms with Crippen molar-refractivity contribution in [2.45, 2.75) is 13.1 Å². The van der Waals surface area contributed by atoms with E-state index in [-0.39, 0.29) is 0 Å². The molecule has 0 amide bonds. The van der Waals surface area contributed by atoms with Crippen LogP contribution in [0.4, 0.5) is 0 Å². The maximum Gasteiger partial charge on any atom is 0.0738 e. The number of nitrogens with zero attached hydrogens (tertiary/aromatic N) is 11. The first-order chi connectivity index (χ1) is 12.7. The third kappa shape index (κ3) is 8.06. The summed E-state index contributed by atoms with van der Waals surface area (Å²) in [6, 6.07) is 0. The van der Waals surface area contributed by atoms with Gasteiger partial charge in [-0.05, 0) is 11.1 Å². The first-order valence-corrected chi connectivity index (χ1v) is 7.95. The Morgan fingerprint density at radius 2 is 1.65 bits per heavy atom. The fourth-order valence-electron chi connectivity index (χ4n) is 2.28. The highest BCUT2D eigenvalue weighted by atomic mass is 15.4. The molecule has 0 atom stereocenters. The molecule has 0 fully saturated rings. The molecule has 0 saturated heterocycles. The molecule has 1 aromatic heterocycles. The number of hydrogen-bond donors (Lipinski definition) is 0. The van der Waals surface area contributed by atoms with Gasteiger partial charge in [0.15, 0.2) is 0 Å². The minimum atomic E-state index is 0.342. The van der Waals surface area contributed by atoms with Gasteiger partial charge in [0.05, 0.1) is 31.5 Å². The fourth-order valence-corrected chi connectivity index (χ4v) is 2.28. The molecule has 0 aromatic carbocycles. The molecule has 11 heteroatoms. The van der Waals surface area contributed by atoms with Crippen LogP contribution in [0, 0.1) is 24.7 Å². The van der Waals surface area contributed by atoms with E-state index in [2.05, 4.69) is 42.2 Å². The summed E-state index contributed by atoms with van der Waals surface area (Å²) >= 11 is 0. The third-order valence-corrected chi connectivity index (χ3v) is 3.50. The average Bonchev–Trinajstić information content (AvgIpc) is 3.07. The van der Waals surface area contributed by atoms with Crippen molar-refractivity contribution in [3.63, 3.8) is 0 Å². The largest absolute Gasteiger partial charge is 0.301 e. The van der Waals surface area contributed by atoms with Crippen LogP contribution in [0.25, 0.3) is 20.9 Å². The Bertz CT molecular complexity index is 675. The van der Waals surface area contributed by atoms with Crippen LogP contribution in [0.15, 0.2) is 16.4 Å². The lowest BCUT2D eigenvalue weighted by atomic mass is 10.3. The first-order valence-electron chi connectivity index (χ1n) is 7.95. The molecule has 11 nitrogen and oxygen atoms in total. The Hall–Kier alpha value is -3.20. The number of aromatic nitrogens is 3. The van der Waals surface area contributed by atoms with Crippen molar-refractivity contribution < 1.29 is 0 Å². The van der Waals surface area contributed by atoms with Crippen LogP contribution in [0.3, 0.4) is 0 Å². The standard InChI is InChI=1S/C15H21N11/c1-3-7-25(8-4-2)14-15-13-20-23-26(15)12-11-24(9-5-18-21-16)10-6-19-22-17/h1-2,13H,5-12,14H2. The molecule has 0 unspecified atom stereocenters. The molecular weight excluding hydrogens is 334 g/mol. The van der Waals surface area contributed by atoms with Crippen LogP contribution in [0.1, 0.15) is 5.69 Å². The zero-order valence-corrected chi connectivity index (χ0v) is 14.5. The predicted octanol–water partition coefficient (Wildman–Crippen LogP) is 1.27. The van der Waals surface area contributed by atoms with Crippen molar-refractivity contribution in [2.24, 2.45) is 10.2 Å². The lowest BCUT2D eigenvalue weighted by molar-refractivity contribution is 0.264. The summed E-state index contributed by atoms with van der Waals surface area (Å²) in [7, 11) is 0. The molecule has 0 spiro atoms. The van der Waals surface area contributed by atoms with Crippen molar-refractivity contribution in [2.75, 3.05) is 45.8 Å². The van der Waals surface area contributed by atoms with Gasteiger partial charge in [-0.15, -0.1) is 17.9 Å². The molecule has 0 bridgehead atoms. The van der Waals surface area contributed by atoms with Gasteiger partial charge in [0.25, 0.3) is 0 Å². The lowest BCUT2D eigenvalue weighted by Crippen LogP contribution is -2.33. The van der Waals surface area contributed by atoms with E-state index >= 15 is 0 Å². The van der Waals surface area contributed by atoms with E-state index in [1.807, 2.05) is 9.80 Å². The number of terminal acetylenes is 2. The first kappa shape index (κ1) is 20.8. The van der Waals surface area contributed by atoms with E-state index in [0.717, 1.165) is 5.69 Å². The Morgan fingerprint density at radius 1 is 1.04 bits per heavy atom. The van der Waals surface area contributed by atoms with Crippen LogP contribution < -0.4 is 0 Å². The quantitative estimate of drug-likeness (QED) is 0.228. The molecular formula is C15H21N11. The molecule has 1 heterocycles. The van der Waals surface area contributed by atoms with Crippen LogP contribution in [0.5, 0.6) is 0 Å². The summed E-state index contributed by atoms with van der Waals surface area (Å²) in [6.45, 7) is 4.48. The van der Waals surface area contributed by atoms with E-state index in [1.165, 1.54) is 0 Å². The topological polar surface area (TPSA) is 135 Å². The molecule has 1 aromatic rings. The second-order valence-electron chi connectivity index (χ2n) is 5.25. The van der Waals surface area contributed by atoms with Crippen molar-refractivity contribution >= 4 is 0 Å². The number of azide groups is 2. The van der Waals surface area contributed by atoms with Gasteiger partial charge < -0.3 is 4.90 Å². The molecule has 0 aliphatic carbocycles. The lowest BCUT2D eigenvalue weighted by Gasteiger charge is -2.21. The van der Waals surface area contributed by atoms with E-state index in [0.29, 0.717) is 58.9 Å². The van der Waals surface area contributed by atoms with Gasteiger partial charge in [-0.2, -0.15) is 0 Å². The van der Waals surface area contributed by atoms with Crippen LogP contribution in [-0.2, 0) is 13.1 Å². The van der Waals surface area contributed by atoms with Gasteiger partial charge in [0.1, 0.15) is 0 Å². The van der Waals surface area contributed by atoms with Crippen LogP contribution in [0.2, 0.25) is 0 Å². The Morgan fingerprint density at radius 3 is 2.19 bits per heavy atom. The van der Waals surface area contributed by atoms with Crippen molar-refractivity contribution in [3.8, 4) is 24.7 Å². The monoisotopic (exact) mass is 355 g/mol. The maximum atomic E-state index is 8.40. The Labute approximate surface area is 152 Å². The number of hydrogen-bond acceptors (Lipinski definition) is 6. The summed E-state index contributed by atoms with van der Waals surface area (Å²) in [5, 5.41) is 15.1. The van der Waals surface area contributed by atoms with Crippen molar-refractivity contribution in [1.29, 1.82) is 0 Å². The molecule has 0 radical (unpaired) electrons. The van der Waals surface area contributed by atoms with E-state index in [4.69, 9.17) is 23.9 Å². The highest BCUT2D eigenvalue weighted by molar-refractivity contribution is 5.00. The normalized spacial score (nSPS) is 10.0. The van der Waals surface area contributed by atoms with Crippen LogP contribution >= 0.6 is 0 Å². The van der Waals surface area contributed by atoms with Gasteiger partial charge >= 0.3 is 0 Å². The zero-order chi connectivity index (χ0) is 19.0. The van der Waals surface area contributed by atoms with E-state index in [1.54, 1.807) is 10.9 Å². The Balaban J connectivity index is 2.66. The summed E-state index contributed by atoms with van der Waals surface area (Å²) in [5.74, 6) is 5.17. The predicted molar refractivity (Wildman–Crippen MR) is 97.4 cm³/mol. The molecule has 0 aliphatic heterocycles. The second kappa shape index (κ2) is 13.1. The molecule has 0 N–H and O–H groups in total. The summed E-state index contributed by atoms with van der Waals surface area (Å²) < 4.78 is 1.79. The summed E-state index contributed by atoms with van der Waals surface area (Å²) in [5.41, 5.74) is 17.7. The van der Waals surface area contributed by atoms with Gasteiger partial charge in [-0.25, -0.2) is 4.68 Å². The molecule has 26 heavy (non-hydrogen) atoms. The van der Waals surface area contributed by atoms with Crippen molar-refractivity contribution in [1.82, 2.24) is 24.8 Å². The van der Waals surface area contributed by atoms with Gasteiger partial charge in [-0.3, -0.25) is 4.90 Å². The van der Waals surface area contributed by atoms with Gasteiger partial charge in [0.2, 0.25) is 0 Å². The fraction of sp³-hybridized carbons (Fsp3) is 0.600. The summed E-state index contributed by atoms with van der Waals surface area (Å²) in [6.07, 6.45) is 12.4.